The maximum absolute atomic E-state index is 13.8. The van der Waals surface area contributed by atoms with Gasteiger partial charge in [0.1, 0.15) is 6.61 Å². The average molecular weight is 328 g/mol. The lowest BCUT2D eigenvalue weighted by molar-refractivity contribution is 0.175. The average Bonchev–Trinajstić information content (AvgIpc) is 3.01. The molecule has 0 spiro atoms. The Morgan fingerprint density at radius 1 is 1.27 bits per heavy atom. The first-order valence-corrected chi connectivity index (χ1v) is 7.25. The Hall–Kier alpha value is -2.09. The minimum Gasteiger partial charge on any atom is -0.447 e. The number of hydrogen-bond donors (Lipinski definition) is 0. The summed E-state index contributed by atoms with van der Waals surface area (Å²) in [6.07, 6.45) is -0.545. The summed E-state index contributed by atoms with van der Waals surface area (Å²) < 4.78 is 45.1. The smallest absolute Gasteiger partial charge is 0.416 e. The van der Waals surface area contributed by atoms with Gasteiger partial charge in [0.05, 0.1) is 11.2 Å². The molecule has 0 saturated carbocycles. The van der Waals surface area contributed by atoms with Gasteiger partial charge in [-0.15, -0.1) is 11.3 Å². The van der Waals surface area contributed by atoms with Crippen LogP contribution >= 0.6 is 11.3 Å². The molecule has 1 aromatic carbocycles. The van der Waals surface area contributed by atoms with Crippen LogP contribution in [0.1, 0.15) is 13.8 Å². The zero-order valence-electron chi connectivity index (χ0n) is 11.7. The van der Waals surface area contributed by atoms with Gasteiger partial charge < -0.3 is 4.74 Å². The molecule has 1 amide bonds. The molecule has 0 unspecified atom stereocenters. The minimum atomic E-state index is -1.55. The number of rotatable bonds is 2. The number of benzene rings is 1. The Kier molecular flexibility index (Phi) is 3.36. The largest absolute Gasteiger partial charge is 0.447 e. The van der Waals surface area contributed by atoms with Gasteiger partial charge >= 0.3 is 6.09 Å². The number of anilines is 1. The Balaban J connectivity index is 2.02. The number of ether oxygens (including phenoxy) is 1. The molecular formula is C14H11F3N2O2S. The van der Waals surface area contributed by atoms with E-state index < -0.39 is 29.1 Å². The van der Waals surface area contributed by atoms with Crippen LogP contribution in [0.15, 0.2) is 17.5 Å². The first-order chi connectivity index (χ1) is 10.3. The van der Waals surface area contributed by atoms with E-state index in [2.05, 4.69) is 4.98 Å². The van der Waals surface area contributed by atoms with Gasteiger partial charge in [0.15, 0.2) is 22.6 Å². The van der Waals surface area contributed by atoms with Gasteiger partial charge in [-0.2, -0.15) is 0 Å². The molecule has 22 heavy (non-hydrogen) atoms. The van der Waals surface area contributed by atoms with Gasteiger partial charge in [-0.25, -0.2) is 27.8 Å². The fourth-order valence-electron chi connectivity index (χ4n) is 2.17. The molecule has 0 aliphatic carbocycles. The number of halogens is 3. The molecule has 1 fully saturated rings. The lowest BCUT2D eigenvalue weighted by Gasteiger charge is -2.24. The standard InChI is InChI=1S/C14H11F3N2O2S/c1-14(2)6-21-13(20)19(14)12-18-9(5-22-12)7-3-4-8(15)11(17)10(7)16/h3-5H,6H2,1-2H3. The highest BCUT2D eigenvalue weighted by atomic mass is 32.1. The lowest BCUT2D eigenvalue weighted by atomic mass is 10.1. The van der Waals surface area contributed by atoms with Crippen LogP contribution in [0.5, 0.6) is 0 Å². The molecule has 0 bridgehead atoms. The molecule has 1 aliphatic heterocycles. The van der Waals surface area contributed by atoms with Crippen molar-refractivity contribution in [3.05, 3.63) is 35.0 Å². The molecule has 3 rings (SSSR count). The predicted molar refractivity (Wildman–Crippen MR) is 75.3 cm³/mol. The first-order valence-electron chi connectivity index (χ1n) is 6.37. The molecule has 0 radical (unpaired) electrons. The van der Waals surface area contributed by atoms with Crippen molar-refractivity contribution in [2.24, 2.45) is 0 Å². The van der Waals surface area contributed by atoms with E-state index in [0.29, 0.717) is 5.13 Å². The van der Waals surface area contributed by atoms with E-state index in [-0.39, 0.29) is 17.9 Å². The Labute approximate surface area is 128 Å². The van der Waals surface area contributed by atoms with Crippen LogP contribution in [0.4, 0.5) is 23.1 Å². The van der Waals surface area contributed by atoms with E-state index >= 15 is 0 Å². The van der Waals surface area contributed by atoms with Gasteiger partial charge in [-0.05, 0) is 26.0 Å². The van der Waals surface area contributed by atoms with Gasteiger partial charge in [0.25, 0.3) is 0 Å². The Bertz CT molecular complexity index is 761. The van der Waals surface area contributed by atoms with Crippen molar-refractivity contribution in [2.75, 3.05) is 11.5 Å². The second kappa shape index (κ2) is 4.98. The third-order valence-corrected chi connectivity index (χ3v) is 4.16. The van der Waals surface area contributed by atoms with Crippen molar-refractivity contribution >= 4 is 22.6 Å². The zero-order chi connectivity index (χ0) is 16.1. The van der Waals surface area contributed by atoms with Crippen molar-refractivity contribution in [1.29, 1.82) is 0 Å². The highest BCUT2D eigenvalue weighted by molar-refractivity contribution is 7.14. The first kappa shape index (κ1) is 14.8. The normalized spacial score (nSPS) is 17.0. The second-order valence-electron chi connectivity index (χ2n) is 5.44. The number of carbonyl (C=O) groups excluding carboxylic acids is 1. The van der Waals surface area contributed by atoms with Crippen molar-refractivity contribution in [3.8, 4) is 11.3 Å². The monoisotopic (exact) mass is 328 g/mol. The van der Waals surface area contributed by atoms with Crippen LogP contribution in [-0.4, -0.2) is 23.2 Å². The molecule has 1 aliphatic rings. The topological polar surface area (TPSA) is 42.4 Å². The van der Waals surface area contributed by atoms with E-state index in [0.717, 1.165) is 23.5 Å². The van der Waals surface area contributed by atoms with Crippen LogP contribution in [-0.2, 0) is 4.74 Å². The summed E-state index contributed by atoms with van der Waals surface area (Å²) in [5.41, 5.74) is -0.614. The van der Waals surface area contributed by atoms with Gasteiger partial charge in [0, 0.05) is 10.9 Å². The number of thiazole rings is 1. The van der Waals surface area contributed by atoms with E-state index in [4.69, 9.17) is 4.74 Å². The lowest BCUT2D eigenvalue weighted by Crippen LogP contribution is -2.42. The highest BCUT2D eigenvalue weighted by Crippen LogP contribution is 2.36. The number of cyclic esters (lactones) is 1. The number of amides is 1. The summed E-state index contributed by atoms with van der Waals surface area (Å²) in [5.74, 6) is -4.12. The van der Waals surface area contributed by atoms with Crippen molar-refractivity contribution < 1.29 is 22.7 Å². The molecular weight excluding hydrogens is 317 g/mol. The van der Waals surface area contributed by atoms with Crippen molar-refractivity contribution in [1.82, 2.24) is 4.98 Å². The molecule has 2 aromatic rings. The highest BCUT2D eigenvalue weighted by Gasteiger charge is 2.42. The summed E-state index contributed by atoms with van der Waals surface area (Å²) >= 11 is 1.10. The Morgan fingerprint density at radius 3 is 2.64 bits per heavy atom. The molecule has 8 heteroatoms. The fraction of sp³-hybridized carbons (Fsp3) is 0.286. The van der Waals surface area contributed by atoms with Gasteiger partial charge in [-0.1, -0.05) is 0 Å². The summed E-state index contributed by atoms with van der Waals surface area (Å²) in [4.78, 5) is 17.3. The maximum atomic E-state index is 13.8. The van der Waals surface area contributed by atoms with Crippen molar-refractivity contribution in [3.63, 3.8) is 0 Å². The van der Waals surface area contributed by atoms with Crippen LogP contribution in [0.25, 0.3) is 11.3 Å². The Morgan fingerprint density at radius 2 is 2.00 bits per heavy atom. The summed E-state index contributed by atoms with van der Waals surface area (Å²) in [6.45, 7) is 3.81. The molecule has 116 valence electrons. The third kappa shape index (κ3) is 2.23. The van der Waals surface area contributed by atoms with Crippen LogP contribution in [0.2, 0.25) is 0 Å². The van der Waals surface area contributed by atoms with Crippen LogP contribution in [0, 0.1) is 17.5 Å². The molecule has 4 nitrogen and oxygen atoms in total. The SMILES string of the molecule is CC1(C)COC(=O)N1c1nc(-c2ccc(F)c(F)c2F)cs1. The number of carbonyl (C=O) groups is 1. The summed E-state index contributed by atoms with van der Waals surface area (Å²) in [6, 6.07) is 1.95. The third-order valence-electron chi connectivity index (χ3n) is 3.33. The van der Waals surface area contributed by atoms with E-state index in [1.807, 2.05) is 0 Å². The van der Waals surface area contributed by atoms with Crippen LogP contribution < -0.4 is 4.90 Å². The minimum absolute atomic E-state index is 0.131. The number of aromatic nitrogens is 1. The molecule has 0 atom stereocenters. The summed E-state index contributed by atoms with van der Waals surface area (Å²) in [5, 5.41) is 1.79. The maximum Gasteiger partial charge on any atom is 0.416 e. The quantitative estimate of drug-likeness (QED) is 0.784. The molecule has 2 heterocycles. The summed E-state index contributed by atoms with van der Waals surface area (Å²) in [7, 11) is 0. The molecule has 1 aromatic heterocycles. The van der Waals surface area contributed by atoms with Gasteiger partial charge in [0.2, 0.25) is 0 Å². The molecule has 0 N–H and O–H groups in total. The fourth-order valence-corrected chi connectivity index (χ4v) is 3.14. The number of hydrogen-bond acceptors (Lipinski definition) is 4. The number of nitrogens with zero attached hydrogens (tertiary/aromatic N) is 2. The van der Waals surface area contributed by atoms with E-state index in [1.165, 1.54) is 10.3 Å². The van der Waals surface area contributed by atoms with E-state index in [9.17, 15) is 18.0 Å². The molecule has 1 saturated heterocycles. The second-order valence-corrected chi connectivity index (χ2v) is 6.28. The van der Waals surface area contributed by atoms with Crippen LogP contribution in [0.3, 0.4) is 0 Å². The zero-order valence-corrected chi connectivity index (χ0v) is 12.5. The van der Waals surface area contributed by atoms with Crippen molar-refractivity contribution in [2.45, 2.75) is 19.4 Å². The van der Waals surface area contributed by atoms with E-state index in [1.54, 1.807) is 13.8 Å². The van der Waals surface area contributed by atoms with Gasteiger partial charge in [-0.3, -0.25) is 0 Å². The predicted octanol–water partition coefficient (Wildman–Crippen LogP) is 3.96.